The molecule has 1 aromatic heterocycles. The van der Waals surface area contributed by atoms with Crippen LogP contribution in [-0.4, -0.2) is 21.6 Å². The average molecular weight is 333 g/mol. The zero-order chi connectivity index (χ0) is 16.7. The number of nitrogens with one attached hydrogen (secondary N) is 2. The standard InChI is InChI=1S/C14H13ClN4O.C3H8/c15-10-7-16-8-13(14(10)20)19-6-9-1-2-11-12(5-9)18-4-3-17-11;1-3-2/h1-5,8,16,19-20H,6-7H2;3H2,1-2H3. The van der Waals surface area contributed by atoms with Gasteiger partial charge in [0, 0.05) is 25.1 Å². The van der Waals surface area contributed by atoms with Gasteiger partial charge in [-0.25, -0.2) is 0 Å². The van der Waals surface area contributed by atoms with Crippen molar-refractivity contribution in [3.05, 3.63) is 58.8 Å². The molecule has 0 aliphatic carbocycles. The zero-order valence-corrected chi connectivity index (χ0v) is 14.1. The van der Waals surface area contributed by atoms with Gasteiger partial charge in [0.2, 0.25) is 0 Å². The molecule has 0 unspecified atom stereocenters. The molecule has 23 heavy (non-hydrogen) atoms. The van der Waals surface area contributed by atoms with Crippen molar-refractivity contribution in [1.29, 1.82) is 0 Å². The van der Waals surface area contributed by atoms with Gasteiger partial charge in [0.25, 0.3) is 0 Å². The minimum absolute atomic E-state index is 0.0889. The summed E-state index contributed by atoms with van der Waals surface area (Å²) in [7, 11) is 0. The number of dihydropyridines is 1. The van der Waals surface area contributed by atoms with E-state index in [0.29, 0.717) is 23.8 Å². The lowest BCUT2D eigenvalue weighted by molar-refractivity contribution is 0.404. The van der Waals surface area contributed by atoms with Crippen LogP contribution in [0.25, 0.3) is 11.0 Å². The molecule has 1 aromatic carbocycles. The van der Waals surface area contributed by atoms with E-state index < -0.39 is 0 Å². The van der Waals surface area contributed by atoms with Gasteiger partial charge in [-0.2, -0.15) is 0 Å². The normalized spacial score (nSPS) is 13.8. The molecular formula is C17H21ClN4O. The summed E-state index contributed by atoms with van der Waals surface area (Å²) in [5.41, 5.74) is 3.34. The Bertz CT molecular complexity index is 727. The minimum Gasteiger partial charge on any atom is -0.504 e. The molecule has 0 fully saturated rings. The summed E-state index contributed by atoms with van der Waals surface area (Å²) in [6, 6.07) is 5.87. The number of benzene rings is 1. The van der Waals surface area contributed by atoms with Gasteiger partial charge in [0.05, 0.1) is 28.3 Å². The Kier molecular flexibility index (Phi) is 6.23. The van der Waals surface area contributed by atoms with E-state index in [1.165, 1.54) is 6.42 Å². The Morgan fingerprint density at radius 2 is 1.91 bits per heavy atom. The quantitative estimate of drug-likeness (QED) is 0.801. The Hall–Kier alpha value is -2.27. The lowest BCUT2D eigenvalue weighted by Gasteiger charge is -2.17. The molecule has 0 amide bonds. The predicted molar refractivity (Wildman–Crippen MR) is 93.9 cm³/mol. The molecule has 0 radical (unpaired) electrons. The molecule has 1 aliphatic rings. The van der Waals surface area contributed by atoms with Crippen LogP contribution >= 0.6 is 11.6 Å². The van der Waals surface area contributed by atoms with Crippen molar-refractivity contribution in [2.75, 3.05) is 6.54 Å². The molecule has 0 atom stereocenters. The maximum absolute atomic E-state index is 9.84. The summed E-state index contributed by atoms with van der Waals surface area (Å²) < 4.78 is 0. The first-order chi connectivity index (χ1) is 11.2. The molecule has 122 valence electrons. The molecule has 5 nitrogen and oxygen atoms in total. The molecule has 0 spiro atoms. The van der Waals surface area contributed by atoms with Crippen LogP contribution in [0.15, 0.2) is 53.3 Å². The largest absolute Gasteiger partial charge is 0.504 e. The summed E-state index contributed by atoms with van der Waals surface area (Å²) in [5, 5.41) is 16.4. The molecule has 1 aliphatic heterocycles. The van der Waals surface area contributed by atoms with Crippen molar-refractivity contribution in [2.24, 2.45) is 0 Å². The summed E-state index contributed by atoms with van der Waals surface area (Å²) in [5.74, 6) is 0.0889. The van der Waals surface area contributed by atoms with Crippen molar-refractivity contribution in [3.8, 4) is 0 Å². The number of aliphatic hydroxyl groups excluding tert-OH is 1. The highest BCUT2D eigenvalue weighted by Gasteiger charge is 2.13. The number of hydrogen-bond donors (Lipinski definition) is 3. The predicted octanol–water partition coefficient (Wildman–Crippen LogP) is 3.59. The molecule has 3 rings (SSSR count). The van der Waals surface area contributed by atoms with Crippen molar-refractivity contribution >= 4 is 22.6 Å². The number of aliphatic hydroxyl groups is 1. The van der Waals surface area contributed by atoms with E-state index >= 15 is 0 Å². The first-order valence-electron chi connectivity index (χ1n) is 7.60. The van der Waals surface area contributed by atoms with Gasteiger partial charge in [-0.3, -0.25) is 9.97 Å². The van der Waals surface area contributed by atoms with Crippen LogP contribution < -0.4 is 10.6 Å². The third-order valence-corrected chi connectivity index (χ3v) is 3.35. The monoisotopic (exact) mass is 332 g/mol. The number of nitrogens with zero attached hydrogens (tertiary/aromatic N) is 2. The smallest absolute Gasteiger partial charge is 0.156 e. The number of aromatic nitrogens is 2. The molecule has 6 heteroatoms. The highest BCUT2D eigenvalue weighted by Crippen LogP contribution is 2.17. The van der Waals surface area contributed by atoms with Crippen LogP contribution in [-0.2, 0) is 6.54 Å². The molecule has 2 aromatic rings. The van der Waals surface area contributed by atoms with Gasteiger partial charge < -0.3 is 15.7 Å². The lowest BCUT2D eigenvalue weighted by Crippen LogP contribution is -2.24. The summed E-state index contributed by atoms with van der Waals surface area (Å²) >= 11 is 5.89. The van der Waals surface area contributed by atoms with E-state index in [9.17, 15) is 5.11 Å². The van der Waals surface area contributed by atoms with Crippen molar-refractivity contribution in [2.45, 2.75) is 26.8 Å². The molecule has 0 bridgehead atoms. The van der Waals surface area contributed by atoms with Crippen molar-refractivity contribution in [1.82, 2.24) is 20.6 Å². The SMILES string of the molecule is CCC.OC1=C(Cl)CNC=C1NCc1ccc2nccnc2c1. The lowest BCUT2D eigenvalue weighted by atomic mass is 10.2. The molecule has 0 saturated carbocycles. The second kappa shape index (κ2) is 8.39. The Balaban J connectivity index is 0.000000595. The van der Waals surface area contributed by atoms with Crippen LogP contribution in [0.4, 0.5) is 0 Å². The molecule has 3 N–H and O–H groups in total. The Morgan fingerprint density at radius 1 is 1.22 bits per heavy atom. The summed E-state index contributed by atoms with van der Waals surface area (Å²) in [6.45, 7) is 5.26. The highest BCUT2D eigenvalue weighted by atomic mass is 35.5. The van der Waals surface area contributed by atoms with Crippen LogP contribution in [0.2, 0.25) is 0 Å². The van der Waals surface area contributed by atoms with Gasteiger partial charge in [0.15, 0.2) is 5.76 Å². The Labute approximate surface area is 141 Å². The van der Waals surface area contributed by atoms with Crippen LogP contribution in [0.1, 0.15) is 25.8 Å². The van der Waals surface area contributed by atoms with E-state index in [4.69, 9.17) is 11.6 Å². The topological polar surface area (TPSA) is 70.1 Å². The Morgan fingerprint density at radius 3 is 2.65 bits per heavy atom. The van der Waals surface area contributed by atoms with E-state index in [-0.39, 0.29) is 5.76 Å². The minimum atomic E-state index is 0.0889. The molecule has 0 saturated heterocycles. The number of hydrogen-bond acceptors (Lipinski definition) is 5. The first kappa shape index (κ1) is 17.1. The van der Waals surface area contributed by atoms with Gasteiger partial charge in [0.1, 0.15) is 0 Å². The van der Waals surface area contributed by atoms with Gasteiger partial charge >= 0.3 is 0 Å². The maximum Gasteiger partial charge on any atom is 0.156 e. The molecule has 2 heterocycles. The fraction of sp³-hybridized carbons (Fsp3) is 0.294. The van der Waals surface area contributed by atoms with Crippen molar-refractivity contribution in [3.63, 3.8) is 0 Å². The van der Waals surface area contributed by atoms with Gasteiger partial charge in [-0.15, -0.1) is 0 Å². The number of halogens is 1. The fourth-order valence-corrected chi connectivity index (χ4v) is 2.17. The van der Waals surface area contributed by atoms with E-state index in [2.05, 4.69) is 34.4 Å². The third kappa shape index (κ3) is 4.60. The van der Waals surface area contributed by atoms with Crippen LogP contribution in [0, 0.1) is 0 Å². The zero-order valence-electron chi connectivity index (χ0n) is 13.3. The van der Waals surface area contributed by atoms with Crippen LogP contribution in [0.3, 0.4) is 0 Å². The van der Waals surface area contributed by atoms with Gasteiger partial charge in [-0.1, -0.05) is 37.9 Å². The summed E-state index contributed by atoms with van der Waals surface area (Å²) in [6.07, 6.45) is 6.30. The van der Waals surface area contributed by atoms with Crippen molar-refractivity contribution < 1.29 is 5.11 Å². The summed E-state index contributed by atoms with van der Waals surface area (Å²) in [4.78, 5) is 8.49. The highest BCUT2D eigenvalue weighted by molar-refractivity contribution is 6.30. The second-order valence-corrected chi connectivity index (χ2v) is 5.59. The average Bonchev–Trinajstić information content (AvgIpc) is 2.57. The fourth-order valence-electron chi connectivity index (χ4n) is 1.99. The first-order valence-corrected chi connectivity index (χ1v) is 7.98. The second-order valence-electron chi connectivity index (χ2n) is 5.13. The third-order valence-electron chi connectivity index (χ3n) is 3.03. The number of fused-ring (bicyclic) bond motifs is 1. The van der Waals surface area contributed by atoms with E-state index in [0.717, 1.165) is 16.6 Å². The number of rotatable bonds is 3. The maximum atomic E-state index is 9.84. The van der Waals surface area contributed by atoms with E-state index in [1.807, 2.05) is 18.2 Å². The van der Waals surface area contributed by atoms with E-state index in [1.54, 1.807) is 18.6 Å². The molecular weight excluding hydrogens is 312 g/mol. The van der Waals surface area contributed by atoms with Crippen LogP contribution in [0.5, 0.6) is 0 Å². The van der Waals surface area contributed by atoms with Gasteiger partial charge in [-0.05, 0) is 17.7 Å².